The molecule has 0 bridgehead atoms. The molecule has 4 rings (SSSR count). The maximum Gasteiger partial charge on any atom is 0.272 e. The van der Waals surface area contributed by atoms with Crippen LogP contribution in [0.3, 0.4) is 0 Å². The Bertz CT molecular complexity index is 1050. The summed E-state index contributed by atoms with van der Waals surface area (Å²) in [5.41, 5.74) is 2.22. The Balaban J connectivity index is 1.41. The maximum absolute atomic E-state index is 12.6. The first kappa shape index (κ1) is 17.5. The molecule has 3 aromatic rings. The number of nitrogens with one attached hydrogen (secondary N) is 1. The maximum atomic E-state index is 12.6. The van der Waals surface area contributed by atoms with Crippen molar-refractivity contribution < 1.29 is 14.3 Å². The van der Waals surface area contributed by atoms with Crippen LogP contribution in [0, 0.1) is 11.3 Å². The third-order valence-corrected chi connectivity index (χ3v) is 4.50. The zero-order valence-electron chi connectivity index (χ0n) is 15.1. The summed E-state index contributed by atoms with van der Waals surface area (Å²) in [5.74, 6) is 0.825. The highest BCUT2D eigenvalue weighted by atomic mass is 16.5. The van der Waals surface area contributed by atoms with Crippen LogP contribution in [-0.4, -0.2) is 52.3 Å². The van der Waals surface area contributed by atoms with E-state index in [-0.39, 0.29) is 12.0 Å². The Morgan fingerprint density at radius 1 is 1.29 bits per heavy atom. The number of amides is 1. The highest BCUT2D eigenvalue weighted by Gasteiger charge is 2.34. The van der Waals surface area contributed by atoms with E-state index in [9.17, 15) is 4.79 Å². The van der Waals surface area contributed by atoms with Gasteiger partial charge in [0.25, 0.3) is 5.91 Å². The number of carbonyl (C=O) groups excluding carboxylic acids is 1. The number of para-hydroxylation sites is 1. The summed E-state index contributed by atoms with van der Waals surface area (Å²) in [6.45, 7) is 0.840. The lowest BCUT2D eigenvalue weighted by Gasteiger charge is -2.38. The normalized spacial score (nSPS) is 13.5. The molecule has 140 valence electrons. The number of aromatic nitrogens is 3. The van der Waals surface area contributed by atoms with Crippen molar-refractivity contribution in [3.05, 3.63) is 59.9 Å². The monoisotopic (exact) mass is 375 g/mol. The standard InChI is InChI=1S/C20H17N5O3/c1-27-18-7-3-2-6-15(18)16-9-17(24-23-16)20(26)25-11-14(12-25)28-19-13(10-21)5-4-8-22-19/h2-9,14H,11-12H2,1H3,(H,23,24). The Morgan fingerprint density at radius 3 is 2.89 bits per heavy atom. The van der Waals surface area contributed by atoms with Crippen LogP contribution in [0.2, 0.25) is 0 Å². The van der Waals surface area contributed by atoms with Crippen LogP contribution >= 0.6 is 0 Å². The second kappa shape index (κ2) is 7.40. The quantitative estimate of drug-likeness (QED) is 0.733. The van der Waals surface area contributed by atoms with Gasteiger partial charge in [0.1, 0.15) is 29.2 Å². The van der Waals surface area contributed by atoms with Gasteiger partial charge in [-0.25, -0.2) is 4.98 Å². The highest BCUT2D eigenvalue weighted by Crippen LogP contribution is 2.29. The Hall–Kier alpha value is -3.86. The lowest BCUT2D eigenvalue weighted by atomic mass is 10.1. The van der Waals surface area contributed by atoms with Gasteiger partial charge in [-0.05, 0) is 30.3 Å². The molecule has 1 fully saturated rings. The molecular formula is C20H17N5O3. The number of H-pyrrole nitrogens is 1. The van der Waals surface area contributed by atoms with Crippen LogP contribution in [0.15, 0.2) is 48.7 Å². The molecule has 1 amide bonds. The minimum atomic E-state index is -0.192. The second-order valence-electron chi connectivity index (χ2n) is 6.29. The summed E-state index contributed by atoms with van der Waals surface area (Å²) in [7, 11) is 1.59. The van der Waals surface area contributed by atoms with Gasteiger partial charge in [-0.2, -0.15) is 10.4 Å². The zero-order chi connectivity index (χ0) is 19.5. The van der Waals surface area contributed by atoms with E-state index in [0.29, 0.717) is 41.7 Å². The van der Waals surface area contributed by atoms with E-state index in [1.807, 2.05) is 30.3 Å². The third-order valence-electron chi connectivity index (χ3n) is 4.50. The summed E-state index contributed by atoms with van der Waals surface area (Å²) in [6.07, 6.45) is 1.38. The van der Waals surface area contributed by atoms with Crippen molar-refractivity contribution in [3.8, 4) is 29.0 Å². The van der Waals surface area contributed by atoms with Gasteiger partial charge in [0.05, 0.1) is 25.9 Å². The molecular weight excluding hydrogens is 358 g/mol. The van der Waals surface area contributed by atoms with Gasteiger partial charge in [0.2, 0.25) is 5.88 Å². The van der Waals surface area contributed by atoms with Crippen LogP contribution in [0.4, 0.5) is 0 Å². The number of rotatable bonds is 5. The van der Waals surface area contributed by atoms with Crippen molar-refractivity contribution in [2.45, 2.75) is 6.10 Å². The lowest BCUT2D eigenvalue weighted by molar-refractivity contribution is 0.0154. The van der Waals surface area contributed by atoms with E-state index >= 15 is 0 Å². The van der Waals surface area contributed by atoms with Crippen LogP contribution in [0.25, 0.3) is 11.3 Å². The first-order valence-corrected chi connectivity index (χ1v) is 8.69. The number of methoxy groups -OCH3 is 1. The van der Waals surface area contributed by atoms with Gasteiger partial charge in [0, 0.05) is 11.8 Å². The molecule has 0 radical (unpaired) electrons. The number of ether oxygens (including phenoxy) is 2. The predicted molar refractivity (Wildman–Crippen MR) is 99.8 cm³/mol. The molecule has 1 aromatic carbocycles. The average Bonchev–Trinajstić information content (AvgIpc) is 3.20. The number of nitriles is 1. The van der Waals surface area contributed by atoms with E-state index in [1.165, 1.54) is 0 Å². The number of hydrogen-bond acceptors (Lipinski definition) is 6. The number of benzene rings is 1. The first-order valence-electron chi connectivity index (χ1n) is 8.69. The van der Waals surface area contributed by atoms with Crippen LogP contribution in [0.5, 0.6) is 11.6 Å². The fourth-order valence-electron chi connectivity index (χ4n) is 3.00. The molecule has 2 aromatic heterocycles. The highest BCUT2D eigenvalue weighted by molar-refractivity contribution is 5.94. The molecule has 28 heavy (non-hydrogen) atoms. The summed E-state index contributed by atoms with van der Waals surface area (Å²) in [4.78, 5) is 18.4. The smallest absolute Gasteiger partial charge is 0.272 e. The van der Waals surface area contributed by atoms with Crippen molar-refractivity contribution >= 4 is 5.91 Å². The summed E-state index contributed by atoms with van der Waals surface area (Å²) in [6, 6.07) is 14.6. The van der Waals surface area contributed by atoms with Gasteiger partial charge in [-0.15, -0.1) is 0 Å². The molecule has 0 spiro atoms. The molecule has 1 N–H and O–H groups in total. The van der Waals surface area contributed by atoms with Gasteiger partial charge >= 0.3 is 0 Å². The summed E-state index contributed by atoms with van der Waals surface area (Å²) >= 11 is 0. The van der Waals surface area contributed by atoms with Crippen molar-refractivity contribution in [1.82, 2.24) is 20.1 Å². The minimum absolute atomic E-state index is 0.157. The Morgan fingerprint density at radius 2 is 2.11 bits per heavy atom. The predicted octanol–water partition coefficient (Wildman–Crippen LogP) is 2.26. The average molecular weight is 375 g/mol. The molecule has 3 heterocycles. The number of carbonyl (C=O) groups is 1. The van der Waals surface area contributed by atoms with Crippen molar-refractivity contribution in [2.75, 3.05) is 20.2 Å². The van der Waals surface area contributed by atoms with Crippen molar-refractivity contribution in [3.63, 3.8) is 0 Å². The summed E-state index contributed by atoms with van der Waals surface area (Å²) < 4.78 is 11.1. The fourth-order valence-corrected chi connectivity index (χ4v) is 3.00. The largest absolute Gasteiger partial charge is 0.496 e. The number of likely N-dealkylation sites (tertiary alicyclic amines) is 1. The van der Waals surface area contributed by atoms with E-state index in [2.05, 4.69) is 15.2 Å². The lowest BCUT2D eigenvalue weighted by Crippen LogP contribution is -2.56. The van der Waals surface area contributed by atoms with Crippen molar-refractivity contribution in [1.29, 1.82) is 5.26 Å². The van der Waals surface area contributed by atoms with Crippen LogP contribution in [-0.2, 0) is 0 Å². The van der Waals surface area contributed by atoms with E-state index in [1.54, 1.807) is 36.4 Å². The molecule has 0 aliphatic carbocycles. The topological polar surface area (TPSA) is 104 Å². The fraction of sp³-hybridized carbons (Fsp3) is 0.200. The third kappa shape index (κ3) is 3.25. The van der Waals surface area contributed by atoms with E-state index in [4.69, 9.17) is 14.7 Å². The Labute approximate surface area is 161 Å². The first-order chi connectivity index (χ1) is 13.7. The molecule has 8 nitrogen and oxygen atoms in total. The number of hydrogen-bond donors (Lipinski definition) is 1. The SMILES string of the molecule is COc1ccccc1-c1cc(C(=O)N2CC(Oc3ncccc3C#N)C2)[nH]n1. The van der Waals surface area contributed by atoms with Gasteiger partial charge < -0.3 is 14.4 Å². The van der Waals surface area contributed by atoms with Gasteiger partial charge in [-0.1, -0.05) is 12.1 Å². The van der Waals surface area contributed by atoms with Gasteiger partial charge in [0.15, 0.2) is 0 Å². The number of aromatic amines is 1. The summed E-state index contributed by atoms with van der Waals surface area (Å²) in [5, 5.41) is 16.1. The van der Waals surface area contributed by atoms with Gasteiger partial charge in [-0.3, -0.25) is 9.89 Å². The van der Waals surface area contributed by atoms with E-state index < -0.39 is 0 Å². The molecule has 1 aliphatic heterocycles. The molecule has 8 heteroatoms. The molecule has 0 atom stereocenters. The second-order valence-corrected chi connectivity index (χ2v) is 6.29. The molecule has 1 saturated heterocycles. The minimum Gasteiger partial charge on any atom is -0.496 e. The zero-order valence-corrected chi connectivity index (χ0v) is 15.1. The molecule has 0 saturated carbocycles. The molecule has 1 aliphatic rings. The molecule has 0 unspecified atom stereocenters. The van der Waals surface area contributed by atoms with Crippen molar-refractivity contribution in [2.24, 2.45) is 0 Å². The van der Waals surface area contributed by atoms with E-state index in [0.717, 1.165) is 5.56 Å². The number of nitrogens with zero attached hydrogens (tertiary/aromatic N) is 4. The number of pyridine rings is 1. The Kier molecular flexibility index (Phi) is 4.64. The van der Waals surface area contributed by atoms with Crippen LogP contribution in [0.1, 0.15) is 16.1 Å². The van der Waals surface area contributed by atoms with Crippen LogP contribution < -0.4 is 9.47 Å².